The van der Waals surface area contributed by atoms with E-state index in [-0.39, 0.29) is 5.57 Å². The van der Waals surface area contributed by atoms with Gasteiger partial charge in [-0.1, -0.05) is 24.3 Å². The quantitative estimate of drug-likeness (QED) is 0.489. The van der Waals surface area contributed by atoms with Crippen molar-refractivity contribution in [2.75, 3.05) is 0 Å². The van der Waals surface area contributed by atoms with Crippen molar-refractivity contribution in [3.8, 4) is 5.75 Å². The van der Waals surface area contributed by atoms with Gasteiger partial charge in [-0.15, -0.1) is 0 Å². The number of aryl methyl sites for hydroxylation is 1. The molecule has 1 unspecified atom stereocenters. The van der Waals surface area contributed by atoms with Crippen LogP contribution in [0.1, 0.15) is 18.9 Å². The minimum Gasteiger partial charge on any atom is -0.481 e. The summed E-state index contributed by atoms with van der Waals surface area (Å²) >= 11 is 0. The number of rotatable bonds is 6. The van der Waals surface area contributed by atoms with Crippen molar-refractivity contribution in [2.45, 2.75) is 26.4 Å². The first-order valence-electron chi connectivity index (χ1n) is 6.18. The average Bonchev–Trinajstić information content (AvgIpc) is 2.40. The van der Waals surface area contributed by atoms with Gasteiger partial charge in [0.05, 0.1) is 6.42 Å². The van der Waals surface area contributed by atoms with E-state index in [1.54, 1.807) is 24.3 Å². The topological polar surface area (TPSA) is 89.9 Å². The Morgan fingerprint density at radius 2 is 1.81 bits per heavy atom. The van der Waals surface area contributed by atoms with E-state index < -0.39 is 30.4 Å². The van der Waals surface area contributed by atoms with Crippen LogP contribution in [0.5, 0.6) is 5.75 Å². The Morgan fingerprint density at radius 1 is 1.24 bits per heavy atom. The van der Waals surface area contributed by atoms with Crippen LogP contribution in [0, 0.1) is 6.92 Å². The molecule has 0 saturated carbocycles. The fraction of sp³-hybridized carbons (Fsp3) is 0.267. The number of hydrogen-bond acceptors (Lipinski definition) is 5. The lowest BCUT2D eigenvalue weighted by atomic mass is 10.2. The number of esters is 2. The zero-order valence-corrected chi connectivity index (χ0v) is 11.8. The molecule has 0 aliphatic carbocycles. The second-order valence-corrected chi connectivity index (χ2v) is 4.46. The van der Waals surface area contributed by atoms with E-state index in [1.807, 2.05) is 6.92 Å². The van der Waals surface area contributed by atoms with Gasteiger partial charge < -0.3 is 14.6 Å². The van der Waals surface area contributed by atoms with Crippen molar-refractivity contribution < 1.29 is 29.0 Å². The number of carboxylic acid groups (broad SMARTS) is 1. The van der Waals surface area contributed by atoms with Gasteiger partial charge in [-0.3, -0.25) is 4.79 Å². The number of ether oxygens (including phenoxy) is 2. The van der Waals surface area contributed by atoms with Crippen LogP contribution in [0.2, 0.25) is 0 Å². The molecule has 1 aromatic carbocycles. The predicted molar refractivity (Wildman–Crippen MR) is 73.8 cm³/mol. The molecular weight excluding hydrogens is 276 g/mol. The van der Waals surface area contributed by atoms with Gasteiger partial charge in [0.25, 0.3) is 0 Å². The molecule has 0 fully saturated rings. The number of carbonyl (C=O) groups is 3. The number of benzene rings is 1. The van der Waals surface area contributed by atoms with Crippen LogP contribution in [0.15, 0.2) is 36.4 Å². The zero-order valence-electron chi connectivity index (χ0n) is 11.8. The van der Waals surface area contributed by atoms with Crippen LogP contribution in [0.25, 0.3) is 0 Å². The van der Waals surface area contributed by atoms with Gasteiger partial charge in [-0.05, 0) is 26.0 Å². The maximum atomic E-state index is 11.7. The molecule has 1 rings (SSSR count). The normalized spacial score (nSPS) is 11.3. The maximum Gasteiger partial charge on any atom is 0.352 e. The number of hydrogen-bond donors (Lipinski definition) is 1. The number of carbonyl (C=O) groups excluding carboxylic acids is 2. The fourth-order valence-corrected chi connectivity index (χ4v) is 1.35. The first-order valence-corrected chi connectivity index (χ1v) is 6.18. The molecule has 0 spiro atoms. The minimum atomic E-state index is -1.20. The van der Waals surface area contributed by atoms with E-state index in [1.165, 1.54) is 6.92 Å². The molecule has 1 aromatic rings. The number of carboxylic acids is 1. The van der Waals surface area contributed by atoms with Crippen molar-refractivity contribution in [2.24, 2.45) is 0 Å². The van der Waals surface area contributed by atoms with Gasteiger partial charge in [0.2, 0.25) is 0 Å². The lowest BCUT2D eigenvalue weighted by molar-refractivity contribution is -0.158. The largest absolute Gasteiger partial charge is 0.481 e. The minimum absolute atomic E-state index is 0.238. The van der Waals surface area contributed by atoms with Gasteiger partial charge in [-0.2, -0.15) is 0 Å². The third kappa shape index (κ3) is 5.48. The van der Waals surface area contributed by atoms with Crippen LogP contribution in [0.3, 0.4) is 0 Å². The second-order valence-electron chi connectivity index (χ2n) is 4.46. The Morgan fingerprint density at radius 3 is 2.33 bits per heavy atom. The van der Waals surface area contributed by atoms with E-state index in [9.17, 15) is 14.4 Å². The molecule has 0 aliphatic rings. The summed E-state index contributed by atoms with van der Waals surface area (Å²) in [6.07, 6.45) is -1.71. The highest BCUT2D eigenvalue weighted by Gasteiger charge is 2.22. The molecule has 0 amide bonds. The summed E-state index contributed by atoms with van der Waals surface area (Å²) in [5.41, 5.74) is 0.775. The van der Waals surface area contributed by atoms with Crippen molar-refractivity contribution in [3.05, 3.63) is 42.0 Å². The summed E-state index contributed by atoms with van der Waals surface area (Å²) in [5, 5.41) is 8.53. The molecular formula is C15H16O6. The second kappa shape index (κ2) is 7.23. The molecule has 6 nitrogen and oxygen atoms in total. The SMILES string of the molecule is C=C(CC(=O)O)C(=O)OC(C)C(=O)Oc1ccc(C)cc1. The molecule has 0 aromatic heterocycles. The van der Waals surface area contributed by atoms with Gasteiger partial charge in [0, 0.05) is 5.57 Å². The molecule has 112 valence electrons. The Bertz CT molecular complexity index is 558. The third-order valence-electron chi connectivity index (χ3n) is 2.51. The Hall–Kier alpha value is -2.63. The summed E-state index contributed by atoms with van der Waals surface area (Å²) in [5.74, 6) is -2.56. The van der Waals surface area contributed by atoms with Gasteiger partial charge >= 0.3 is 17.9 Å². The molecule has 0 aliphatic heterocycles. The molecule has 1 atom stereocenters. The zero-order chi connectivity index (χ0) is 16.0. The molecule has 0 heterocycles. The van der Waals surface area contributed by atoms with E-state index in [4.69, 9.17) is 14.6 Å². The van der Waals surface area contributed by atoms with E-state index in [0.717, 1.165) is 5.56 Å². The summed E-state index contributed by atoms with van der Waals surface area (Å²) in [6.45, 7) is 6.52. The summed E-state index contributed by atoms with van der Waals surface area (Å²) < 4.78 is 9.83. The van der Waals surface area contributed by atoms with Gasteiger partial charge in [0.1, 0.15) is 5.75 Å². The average molecular weight is 292 g/mol. The van der Waals surface area contributed by atoms with Gasteiger partial charge in [0.15, 0.2) is 6.10 Å². The van der Waals surface area contributed by atoms with Crippen LogP contribution >= 0.6 is 0 Å². The summed E-state index contributed by atoms with van der Waals surface area (Å²) in [7, 11) is 0. The molecule has 6 heteroatoms. The summed E-state index contributed by atoms with van der Waals surface area (Å²) in [6, 6.07) is 6.78. The highest BCUT2D eigenvalue weighted by atomic mass is 16.6. The molecule has 0 bridgehead atoms. The van der Waals surface area contributed by atoms with Crippen LogP contribution in [-0.2, 0) is 19.1 Å². The first-order chi connectivity index (χ1) is 9.79. The van der Waals surface area contributed by atoms with Crippen molar-refractivity contribution in [1.82, 2.24) is 0 Å². The lowest BCUT2D eigenvalue weighted by Crippen LogP contribution is -2.29. The van der Waals surface area contributed by atoms with Crippen molar-refractivity contribution in [3.63, 3.8) is 0 Å². The monoisotopic (exact) mass is 292 g/mol. The Labute approximate surface area is 122 Å². The standard InChI is InChI=1S/C15H16O6/c1-9-4-6-12(7-5-9)21-15(19)11(3)20-14(18)10(2)8-13(16)17/h4-7,11H,2,8H2,1,3H3,(H,16,17). The number of aliphatic carboxylic acids is 1. The fourth-order valence-electron chi connectivity index (χ4n) is 1.35. The predicted octanol–water partition coefficient (Wildman–Crippen LogP) is 1.86. The van der Waals surface area contributed by atoms with E-state index >= 15 is 0 Å². The van der Waals surface area contributed by atoms with Crippen LogP contribution < -0.4 is 4.74 Å². The van der Waals surface area contributed by atoms with E-state index in [2.05, 4.69) is 6.58 Å². The molecule has 0 saturated heterocycles. The lowest BCUT2D eigenvalue weighted by Gasteiger charge is -2.13. The molecule has 0 radical (unpaired) electrons. The van der Waals surface area contributed by atoms with E-state index in [0.29, 0.717) is 5.75 Å². The Balaban J connectivity index is 2.54. The van der Waals surface area contributed by atoms with Crippen LogP contribution in [0.4, 0.5) is 0 Å². The highest BCUT2D eigenvalue weighted by Crippen LogP contribution is 2.13. The first kappa shape index (κ1) is 16.4. The van der Waals surface area contributed by atoms with Crippen LogP contribution in [-0.4, -0.2) is 29.1 Å². The van der Waals surface area contributed by atoms with Crippen molar-refractivity contribution >= 4 is 17.9 Å². The molecule has 1 N–H and O–H groups in total. The Kier molecular flexibility index (Phi) is 5.66. The third-order valence-corrected chi connectivity index (χ3v) is 2.51. The summed E-state index contributed by atoms with van der Waals surface area (Å²) in [4.78, 5) is 33.7. The maximum absolute atomic E-state index is 11.7. The van der Waals surface area contributed by atoms with Gasteiger partial charge in [-0.25, -0.2) is 9.59 Å². The smallest absolute Gasteiger partial charge is 0.352 e. The van der Waals surface area contributed by atoms with Crippen molar-refractivity contribution in [1.29, 1.82) is 0 Å². The molecule has 21 heavy (non-hydrogen) atoms. The highest BCUT2D eigenvalue weighted by molar-refractivity contribution is 5.94.